The first-order chi connectivity index (χ1) is 9.76. The molecule has 0 bridgehead atoms. The molecule has 1 spiro atoms. The van der Waals surface area contributed by atoms with Crippen LogP contribution in [-0.4, -0.2) is 39.7 Å². The topological polar surface area (TPSA) is 55.3 Å². The fraction of sp³-hybridized carbons (Fsp3) is 0.667. The van der Waals surface area contributed by atoms with E-state index in [1.165, 1.54) is 0 Å². The van der Waals surface area contributed by atoms with Gasteiger partial charge in [-0.1, -0.05) is 11.6 Å². The van der Waals surface area contributed by atoms with E-state index in [9.17, 15) is 4.79 Å². The highest BCUT2D eigenvalue weighted by Crippen LogP contribution is 2.55. The van der Waals surface area contributed by atoms with Crippen molar-refractivity contribution in [1.29, 1.82) is 0 Å². The van der Waals surface area contributed by atoms with E-state index in [2.05, 4.69) is 9.97 Å². The van der Waals surface area contributed by atoms with Crippen LogP contribution in [0.25, 0.3) is 0 Å². The minimum absolute atomic E-state index is 0.209. The van der Waals surface area contributed by atoms with Crippen LogP contribution in [0.2, 0.25) is 5.02 Å². The molecule has 21 heavy (non-hydrogen) atoms. The van der Waals surface area contributed by atoms with Crippen molar-refractivity contribution in [2.45, 2.75) is 45.1 Å². The number of halogens is 1. The lowest BCUT2D eigenvalue weighted by atomic mass is 9.57. The number of hydrogen-bond acceptors (Lipinski definition) is 4. The zero-order valence-electron chi connectivity index (χ0n) is 12.6. The molecule has 1 aliphatic carbocycles. The molecule has 6 heteroatoms. The van der Waals surface area contributed by atoms with E-state index in [1.807, 2.05) is 20.8 Å². The molecule has 114 valence electrons. The highest BCUT2D eigenvalue weighted by Gasteiger charge is 2.55. The highest BCUT2D eigenvalue weighted by molar-refractivity contribution is 6.30. The molecule has 0 atom stereocenters. The lowest BCUT2D eigenvalue weighted by Crippen LogP contribution is -2.63. The molecule has 1 aromatic heterocycles. The predicted octanol–water partition coefficient (Wildman–Crippen LogP) is 3.24. The zero-order chi connectivity index (χ0) is 15.3. The summed E-state index contributed by atoms with van der Waals surface area (Å²) in [4.78, 5) is 22.3. The number of nitrogens with zero attached hydrogens (tertiary/aromatic N) is 3. The van der Waals surface area contributed by atoms with Gasteiger partial charge in [-0.15, -0.1) is 0 Å². The molecule has 3 rings (SSSR count). The van der Waals surface area contributed by atoms with Gasteiger partial charge in [0.25, 0.3) is 0 Å². The molecule has 0 N–H and O–H groups in total. The number of aromatic nitrogens is 2. The second kappa shape index (κ2) is 4.83. The van der Waals surface area contributed by atoms with Crippen molar-refractivity contribution < 1.29 is 9.53 Å². The molecule has 1 aliphatic heterocycles. The van der Waals surface area contributed by atoms with Crippen LogP contribution in [0.1, 0.15) is 45.4 Å². The third-order valence-electron chi connectivity index (χ3n) is 4.07. The predicted molar refractivity (Wildman–Crippen MR) is 79.3 cm³/mol. The minimum Gasteiger partial charge on any atom is -0.444 e. The SMILES string of the molecule is CC(C)(C)OC(=O)N1CC2(CC(c3ncc(Cl)cn3)C2)C1. The molecule has 2 fully saturated rings. The first-order valence-electron chi connectivity index (χ1n) is 7.22. The number of rotatable bonds is 1. The summed E-state index contributed by atoms with van der Waals surface area (Å²) in [7, 11) is 0. The van der Waals surface area contributed by atoms with E-state index >= 15 is 0 Å². The van der Waals surface area contributed by atoms with E-state index in [0.29, 0.717) is 10.9 Å². The van der Waals surface area contributed by atoms with Crippen molar-refractivity contribution in [2.24, 2.45) is 5.41 Å². The molecule has 5 nitrogen and oxygen atoms in total. The summed E-state index contributed by atoms with van der Waals surface area (Å²) < 4.78 is 5.38. The quantitative estimate of drug-likeness (QED) is 0.799. The summed E-state index contributed by atoms with van der Waals surface area (Å²) in [6.07, 6.45) is 5.15. The Kier molecular flexibility index (Phi) is 3.35. The molecule has 0 unspecified atom stereocenters. The van der Waals surface area contributed by atoms with Gasteiger partial charge >= 0.3 is 6.09 Å². The van der Waals surface area contributed by atoms with Crippen molar-refractivity contribution in [3.05, 3.63) is 23.2 Å². The van der Waals surface area contributed by atoms with Gasteiger partial charge < -0.3 is 9.64 Å². The second-order valence-corrected chi connectivity index (χ2v) is 7.64. The highest BCUT2D eigenvalue weighted by atomic mass is 35.5. The normalized spacial score (nSPS) is 20.9. The monoisotopic (exact) mass is 309 g/mol. The van der Waals surface area contributed by atoms with Crippen LogP contribution in [0.3, 0.4) is 0 Å². The first-order valence-corrected chi connectivity index (χ1v) is 7.60. The Morgan fingerprint density at radius 2 is 1.90 bits per heavy atom. The van der Waals surface area contributed by atoms with Crippen LogP contribution >= 0.6 is 11.6 Å². The number of hydrogen-bond donors (Lipinski definition) is 0. The van der Waals surface area contributed by atoms with Crippen molar-refractivity contribution >= 4 is 17.7 Å². The van der Waals surface area contributed by atoms with Crippen LogP contribution in [0.5, 0.6) is 0 Å². The molecular formula is C15H20ClN3O2. The van der Waals surface area contributed by atoms with E-state index in [-0.39, 0.29) is 11.5 Å². The van der Waals surface area contributed by atoms with E-state index in [4.69, 9.17) is 16.3 Å². The number of likely N-dealkylation sites (tertiary alicyclic amines) is 1. The Bertz CT molecular complexity index is 539. The Balaban J connectivity index is 1.50. The Hall–Kier alpha value is -1.36. The molecule has 2 heterocycles. The summed E-state index contributed by atoms with van der Waals surface area (Å²) in [6, 6.07) is 0. The van der Waals surface area contributed by atoms with Gasteiger partial charge in [0.05, 0.1) is 5.02 Å². The Labute approximate surface area is 129 Å². The lowest BCUT2D eigenvalue weighted by molar-refractivity contribution is -0.0797. The van der Waals surface area contributed by atoms with Crippen molar-refractivity contribution in [3.63, 3.8) is 0 Å². The van der Waals surface area contributed by atoms with Crippen molar-refractivity contribution in [3.8, 4) is 0 Å². The second-order valence-electron chi connectivity index (χ2n) is 7.20. The van der Waals surface area contributed by atoms with E-state index < -0.39 is 5.60 Å². The summed E-state index contributed by atoms with van der Waals surface area (Å²) in [5.74, 6) is 1.25. The van der Waals surface area contributed by atoms with Gasteiger partial charge in [0.2, 0.25) is 0 Å². The van der Waals surface area contributed by atoms with Gasteiger partial charge in [0.1, 0.15) is 11.4 Å². The molecule has 1 saturated carbocycles. The van der Waals surface area contributed by atoms with Crippen LogP contribution in [0.15, 0.2) is 12.4 Å². The molecule has 0 radical (unpaired) electrons. The van der Waals surface area contributed by atoms with Crippen LogP contribution in [0.4, 0.5) is 4.79 Å². The van der Waals surface area contributed by atoms with Crippen molar-refractivity contribution in [1.82, 2.24) is 14.9 Å². The van der Waals surface area contributed by atoms with Crippen LogP contribution in [-0.2, 0) is 4.74 Å². The fourth-order valence-corrected chi connectivity index (χ4v) is 3.28. The molecule has 1 amide bonds. The Morgan fingerprint density at radius 3 is 2.43 bits per heavy atom. The van der Waals surface area contributed by atoms with Gasteiger partial charge in [-0.2, -0.15) is 0 Å². The van der Waals surface area contributed by atoms with Gasteiger partial charge in [-0.25, -0.2) is 14.8 Å². The number of ether oxygens (including phenoxy) is 1. The summed E-state index contributed by atoms with van der Waals surface area (Å²) in [6.45, 7) is 7.23. The number of carbonyl (C=O) groups excluding carboxylic acids is 1. The maximum atomic E-state index is 11.9. The van der Waals surface area contributed by atoms with Gasteiger partial charge in [0.15, 0.2) is 0 Å². The van der Waals surface area contributed by atoms with Crippen LogP contribution in [0, 0.1) is 5.41 Å². The van der Waals surface area contributed by atoms with Crippen LogP contribution < -0.4 is 0 Å². The summed E-state index contributed by atoms with van der Waals surface area (Å²) >= 11 is 5.80. The van der Waals surface area contributed by atoms with Gasteiger partial charge in [-0.3, -0.25) is 0 Å². The standard InChI is InChI=1S/C15H20ClN3O2/c1-14(2,3)21-13(20)19-8-15(9-19)4-10(5-15)12-17-6-11(16)7-18-12/h6-7,10H,4-5,8-9H2,1-3H3. The first kappa shape index (κ1) is 14.6. The summed E-state index contributed by atoms with van der Waals surface area (Å²) in [5.41, 5.74) is -0.177. The van der Waals surface area contributed by atoms with E-state index in [0.717, 1.165) is 31.8 Å². The molecule has 1 saturated heterocycles. The molecular weight excluding hydrogens is 290 g/mol. The zero-order valence-corrected chi connectivity index (χ0v) is 13.4. The lowest BCUT2D eigenvalue weighted by Gasteiger charge is -2.58. The average Bonchev–Trinajstić information content (AvgIpc) is 2.25. The maximum absolute atomic E-state index is 11.9. The van der Waals surface area contributed by atoms with Gasteiger partial charge in [0, 0.05) is 36.8 Å². The third-order valence-corrected chi connectivity index (χ3v) is 4.26. The maximum Gasteiger partial charge on any atom is 0.410 e. The third kappa shape index (κ3) is 2.98. The number of amides is 1. The molecule has 0 aromatic carbocycles. The average molecular weight is 310 g/mol. The fourth-order valence-electron chi connectivity index (χ4n) is 3.18. The largest absolute Gasteiger partial charge is 0.444 e. The molecule has 1 aromatic rings. The van der Waals surface area contributed by atoms with Crippen molar-refractivity contribution in [2.75, 3.05) is 13.1 Å². The smallest absolute Gasteiger partial charge is 0.410 e. The van der Waals surface area contributed by atoms with Gasteiger partial charge in [-0.05, 0) is 33.6 Å². The molecule has 2 aliphatic rings. The number of carbonyl (C=O) groups is 1. The minimum atomic E-state index is -0.431. The Morgan fingerprint density at radius 1 is 1.33 bits per heavy atom. The van der Waals surface area contributed by atoms with E-state index in [1.54, 1.807) is 17.3 Å². The summed E-state index contributed by atoms with van der Waals surface area (Å²) in [5, 5.41) is 0.563.